The first-order valence-electron chi connectivity index (χ1n) is 7.63. The van der Waals surface area contributed by atoms with Crippen molar-refractivity contribution in [2.24, 2.45) is 5.73 Å². The molecule has 0 bridgehead atoms. The molecule has 0 radical (unpaired) electrons. The van der Waals surface area contributed by atoms with Crippen molar-refractivity contribution in [3.63, 3.8) is 0 Å². The SMILES string of the molecule is COC(CN)CC(=O)N(C)CC(O)COc1ccccc1C(F)(F)F.Cl. The van der Waals surface area contributed by atoms with E-state index in [0.29, 0.717) is 0 Å². The van der Waals surface area contributed by atoms with Crippen LogP contribution in [0.5, 0.6) is 5.75 Å². The van der Waals surface area contributed by atoms with Crippen LogP contribution in [0.1, 0.15) is 12.0 Å². The average molecular weight is 401 g/mol. The highest BCUT2D eigenvalue weighted by molar-refractivity contribution is 5.85. The van der Waals surface area contributed by atoms with E-state index in [2.05, 4.69) is 0 Å². The summed E-state index contributed by atoms with van der Waals surface area (Å²) in [6.07, 6.45) is -6.07. The number of ether oxygens (including phenoxy) is 2. The molecular formula is C16H24ClF3N2O4. The molecule has 0 aliphatic carbocycles. The Labute approximate surface area is 156 Å². The molecule has 150 valence electrons. The van der Waals surface area contributed by atoms with Gasteiger partial charge < -0.3 is 25.2 Å². The first-order chi connectivity index (χ1) is 11.7. The van der Waals surface area contributed by atoms with Crippen molar-refractivity contribution in [2.75, 3.05) is 33.9 Å². The van der Waals surface area contributed by atoms with Crippen LogP contribution in [0.25, 0.3) is 0 Å². The Hall–Kier alpha value is -1.55. The number of benzene rings is 1. The van der Waals surface area contributed by atoms with Crippen LogP contribution in [0.3, 0.4) is 0 Å². The lowest BCUT2D eigenvalue weighted by molar-refractivity contribution is -0.139. The summed E-state index contributed by atoms with van der Waals surface area (Å²) < 4.78 is 48.7. The molecule has 0 aliphatic heterocycles. The minimum Gasteiger partial charge on any atom is -0.490 e. The van der Waals surface area contributed by atoms with Crippen LogP contribution >= 0.6 is 12.4 Å². The van der Waals surface area contributed by atoms with Gasteiger partial charge in [0.15, 0.2) is 0 Å². The van der Waals surface area contributed by atoms with Gasteiger partial charge in [-0.3, -0.25) is 4.79 Å². The molecule has 2 atom stereocenters. The first-order valence-corrected chi connectivity index (χ1v) is 7.63. The maximum Gasteiger partial charge on any atom is 0.419 e. The number of hydrogen-bond acceptors (Lipinski definition) is 5. The third kappa shape index (κ3) is 7.77. The van der Waals surface area contributed by atoms with Crippen LogP contribution in [0.15, 0.2) is 24.3 Å². The fourth-order valence-corrected chi connectivity index (χ4v) is 2.10. The Balaban J connectivity index is 0.00000625. The van der Waals surface area contributed by atoms with Crippen LogP contribution in [-0.4, -0.2) is 62.0 Å². The molecule has 0 aromatic heterocycles. The second kappa shape index (κ2) is 11.2. The van der Waals surface area contributed by atoms with Crippen molar-refractivity contribution < 1.29 is 32.5 Å². The number of hydrogen-bond donors (Lipinski definition) is 2. The standard InChI is InChI=1S/C16H23F3N2O4.ClH/c1-21(15(23)7-12(8-20)24-2)9-11(22)10-25-14-6-4-3-5-13(14)16(17,18)19;/h3-6,11-12,22H,7-10,20H2,1-2H3;1H. The van der Waals surface area contributed by atoms with E-state index in [0.717, 1.165) is 6.07 Å². The van der Waals surface area contributed by atoms with E-state index < -0.39 is 23.9 Å². The zero-order chi connectivity index (χ0) is 19.0. The van der Waals surface area contributed by atoms with Gasteiger partial charge in [-0.1, -0.05) is 12.1 Å². The zero-order valence-electron chi connectivity index (χ0n) is 14.5. The summed E-state index contributed by atoms with van der Waals surface area (Å²) in [5.74, 6) is -0.669. The number of nitrogens with two attached hydrogens (primary N) is 1. The number of alkyl halides is 3. The highest BCUT2D eigenvalue weighted by atomic mass is 35.5. The minimum absolute atomic E-state index is 0. The number of halogens is 4. The van der Waals surface area contributed by atoms with Gasteiger partial charge in [-0.05, 0) is 12.1 Å². The number of carbonyl (C=O) groups excluding carboxylic acids is 1. The van der Waals surface area contributed by atoms with Crippen LogP contribution in [0.2, 0.25) is 0 Å². The van der Waals surface area contributed by atoms with E-state index in [-0.39, 0.29) is 50.2 Å². The molecule has 1 aromatic carbocycles. The lowest BCUT2D eigenvalue weighted by Gasteiger charge is -2.23. The van der Waals surface area contributed by atoms with Gasteiger partial charge in [0.2, 0.25) is 5.91 Å². The van der Waals surface area contributed by atoms with Gasteiger partial charge in [-0.15, -0.1) is 12.4 Å². The zero-order valence-corrected chi connectivity index (χ0v) is 15.3. The fraction of sp³-hybridized carbons (Fsp3) is 0.562. The fourth-order valence-electron chi connectivity index (χ4n) is 2.10. The van der Waals surface area contributed by atoms with E-state index in [4.69, 9.17) is 15.2 Å². The predicted octanol–water partition coefficient (Wildman–Crippen LogP) is 1.69. The Morgan fingerprint density at radius 2 is 1.96 bits per heavy atom. The molecule has 1 aromatic rings. The number of likely N-dealkylation sites (N-methyl/N-ethyl adjacent to an activating group) is 1. The quantitative estimate of drug-likeness (QED) is 0.659. The summed E-state index contributed by atoms with van der Waals surface area (Å²) in [5.41, 5.74) is 4.52. The highest BCUT2D eigenvalue weighted by Gasteiger charge is 2.34. The van der Waals surface area contributed by atoms with Crippen LogP contribution in [0, 0.1) is 0 Å². The Morgan fingerprint density at radius 3 is 2.50 bits per heavy atom. The minimum atomic E-state index is -4.55. The van der Waals surface area contributed by atoms with Crippen molar-refractivity contribution in [1.29, 1.82) is 0 Å². The Morgan fingerprint density at radius 1 is 1.35 bits per heavy atom. The van der Waals surface area contributed by atoms with Crippen molar-refractivity contribution in [2.45, 2.75) is 24.8 Å². The third-order valence-electron chi connectivity index (χ3n) is 3.53. The van der Waals surface area contributed by atoms with Gasteiger partial charge in [0.05, 0.1) is 18.1 Å². The van der Waals surface area contributed by atoms with E-state index in [1.807, 2.05) is 0 Å². The van der Waals surface area contributed by atoms with Crippen molar-refractivity contribution in [1.82, 2.24) is 4.90 Å². The van der Waals surface area contributed by atoms with Crippen LogP contribution in [-0.2, 0) is 15.7 Å². The molecule has 2 unspecified atom stereocenters. The molecule has 0 heterocycles. The van der Waals surface area contributed by atoms with E-state index in [9.17, 15) is 23.1 Å². The summed E-state index contributed by atoms with van der Waals surface area (Å²) >= 11 is 0. The monoisotopic (exact) mass is 400 g/mol. The number of rotatable bonds is 9. The molecule has 26 heavy (non-hydrogen) atoms. The summed E-state index contributed by atoms with van der Waals surface area (Å²) in [5, 5.41) is 9.92. The number of aliphatic hydroxyl groups is 1. The number of carbonyl (C=O) groups is 1. The van der Waals surface area contributed by atoms with Gasteiger partial charge in [-0.2, -0.15) is 13.2 Å². The van der Waals surface area contributed by atoms with Gasteiger partial charge >= 0.3 is 6.18 Å². The van der Waals surface area contributed by atoms with Crippen molar-refractivity contribution in [3.05, 3.63) is 29.8 Å². The van der Waals surface area contributed by atoms with Crippen molar-refractivity contribution in [3.8, 4) is 5.75 Å². The molecule has 0 saturated carbocycles. The number of amides is 1. The maximum atomic E-state index is 12.9. The molecule has 3 N–H and O–H groups in total. The van der Waals surface area contributed by atoms with Crippen LogP contribution in [0.4, 0.5) is 13.2 Å². The molecule has 6 nitrogen and oxygen atoms in total. The Kier molecular flexibility index (Phi) is 10.6. The molecule has 0 spiro atoms. The molecule has 10 heteroatoms. The molecule has 1 rings (SSSR count). The molecular weight excluding hydrogens is 377 g/mol. The normalized spacial score (nSPS) is 13.5. The van der Waals surface area contributed by atoms with Gasteiger partial charge in [0.1, 0.15) is 18.5 Å². The summed E-state index contributed by atoms with van der Waals surface area (Å²) in [7, 11) is 2.91. The number of para-hydroxylation sites is 1. The van der Waals surface area contributed by atoms with Gasteiger partial charge in [0, 0.05) is 27.2 Å². The average Bonchev–Trinajstić information content (AvgIpc) is 2.56. The number of aliphatic hydroxyl groups excluding tert-OH is 1. The number of nitrogens with zero attached hydrogens (tertiary/aromatic N) is 1. The summed E-state index contributed by atoms with van der Waals surface area (Å²) in [6, 6.07) is 4.73. The first kappa shape index (κ1) is 24.5. The molecule has 0 fully saturated rings. The summed E-state index contributed by atoms with van der Waals surface area (Å²) in [6.45, 7) is -0.292. The molecule has 0 aliphatic rings. The third-order valence-corrected chi connectivity index (χ3v) is 3.53. The van der Waals surface area contributed by atoms with E-state index >= 15 is 0 Å². The molecule has 1 amide bonds. The van der Waals surface area contributed by atoms with E-state index in [1.165, 1.54) is 37.3 Å². The topological polar surface area (TPSA) is 85.0 Å². The number of methoxy groups -OCH3 is 1. The smallest absolute Gasteiger partial charge is 0.419 e. The molecule has 0 saturated heterocycles. The Bertz CT molecular complexity index is 557. The van der Waals surface area contributed by atoms with Gasteiger partial charge in [-0.25, -0.2) is 0 Å². The van der Waals surface area contributed by atoms with Crippen molar-refractivity contribution >= 4 is 18.3 Å². The lowest BCUT2D eigenvalue weighted by Crippen LogP contribution is -2.39. The predicted molar refractivity (Wildman–Crippen MR) is 92.3 cm³/mol. The van der Waals surface area contributed by atoms with E-state index in [1.54, 1.807) is 0 Å². The summed E-state index contributed by atoms with van der Waals surface area (Å²) in [4.78, 5) is 13.2. The largest absolute Gasteiger partial charge is 0.490 e. The lowest BCUT2D eigenvalue weighted by atomic mass is 10.2. The maximum absolute atomic E-state index is 12.9. The second-order valence-electron chi connectivity index (χ2n) is 5.53. The van der Waals surface area contributed by atoms with Crippen LogP contribution < -0.4 is 10.5 Å². The second-order valence-corrected chi connectivity index (χ2v) is 5.53. The van der Waals surface area contributed by atoms with Gasteiger partial charge in [0.25, 0.3) is 0 Å². The highest BCUT2D eigenvalue weighted by Crippen LogP contribution is 2.35.